The molecule has 1 aliphatic heterocycles. The zero-order valence-electron chi connectivity index (χ0n) is 13.7. The average molecular weight is 346 g/mol. The molecule has 0 saturated heterocycles. The Morgan fingerprint density at radius 3 is 2.71 bits per heavy atom. The lowest BCUT2D eigenvalue weighted by Crippen LogP contribution is -2.56. The number of aryl methyl sites for hydroxylation is 1. The highest BCUT2D eigenvalue weighted by atomic mass is 35.5. The summed E-state index contributed by atoms with van der Waals surface area (Å²) in [6.07, 6.45) is 11.8. The van der Waals surface area contributed by atoms with Crippen molar-refractivity contribution in [2.24, 2.45) is 29.3 Å². The van der Waals surface area contributed by atoms with Crippen molar-refractivity contribution >= 4 is 29.5 Å². The Bertz CT molecular complexity index is 780. The minimum atomic E-state index is -0.353. The molecule has 0 radical (unpaired) electrons. The Labute approximate surface area is 145 Å². The van der Waals surface area contributed by atoms with Crippen molar-refractivity contribution in [3.8, 4) is 0 Å². The van der Waals surface area contributed by atoms with Crippen LogP contribution in [0.5, 0.6) is 0 Å². The number of carbonyl (C=O) groups excluding carboxylic acids is 1. The summed E-state index contributed by atoms with van der Waals surface area (Å²) in [5.41, 5.74) is 1.09. The highest BCUT2D eigenvalue weighted by molar-refractivity contribution is 6.24. The van der Waals surface area contributed by atoms with Crippen LogP contribution in [0.25, 0.3) is 6.08 Å². The first-order valence-corrected chi connectivity index (χ1v) is 9.02. The molecule has 4 bridgehead atoms. The number of halogens is 1. The zero-order chi connectivity index (χ0) is 16.5. The Morgan fingerprint density at radius 2 is 2.08 bits per heavy atom. The molecule has 5 aliphatic rings. The second-order valence-corrected chi connectivity index (χ2v) is 8.98. The van der Waals surface area contributed by atoms with Crippen molar-refractivity contribution in [2.75, 3.05) is 0 Å². The van der Waals surface area contributed by atoms with E-state index in [0.29, 0.717) is 23.4 Å². The first kappa shape index (κ1) is 14.7. The van der Waals surface area contributed by atoms with Crippen molar-refractivity contribution in [1.82, 2.24) is 9.78 Å². The van der Waals surface area contributed by atoms with E-state index in [1.54, 1.807) is 17.0 Å². The molecule has 1 aromatic rings. The van der Waals surface area contributed by atoms with Gasteiger partial charge in [0.25, 0.3) is 0 Å². The van der Waals surface area contributed by atoms with E-state index in [-0.39, 0.29) is 16.3 Å². The number of aliphatic imine (C=N–C) groups is 1. The molecule has 4 fully saturated rings. The van der Waals surface area contributed by atoms with E-state index < -0.39 is 0 Å². The van der Waals surface area contributed by atoms with Crippen LogP contribution in [0.4, 0.5) is 0 Å². The molecule has 0 aromatic carbocycles. The normalized spacial score (nSPS) is 41.8. The van der Waals surface area contributed by atoms with Crippen LogP contribution >= 0.6 is 11.6 Å². The van der Waals surface area contributed by atoms with Gasteiger partial charge in [0.05, 0.1) is 6.20 Å². The number of nitrogens with zero attached hydrogens (tertiary/aromatic N) is 3. The van der Waals surface area contributed by atoms with Crippen LogP contribution in [0.1, 0.15) is 44.1 Å². The second-order valence-electron chi connectivity index (χ2n) is 8.18. The third-order valence-corrected chi connectivity index (χ3v) is 6.53. The maximum Gasteiger partial charge on any atom is 0.363 e. The van der Waals surface area contributed by atoms with Crippen molar-refractivity contribution in [2.45, 2.75) is 43.4 Å². The second kappa shape index (κ2) is 4.72. The van der Waals surface area contributed by atoms with E-state index in [4.69, 9.17) is 16.3 Å². The molecule has 1 aromatic heterocycles. The van der Waals surface area contributed by atoms with Crippen molar-refractivity contribution < 1.29 is 9.53 Å². The number of alkyl halides is 1. The van der Waals surface area contributed by atoms with Crippen LogP contribution in [0.15, 0.2) is 23.1 Å². The van der Waals surface area contributed by atoms with Crippen LogP contribution in [-0.4, -0.2) is 26.5 Å². The summed E-state index contributed by atoms with van der Waals surface area (Å²) in [6.45, 7) is 0. The molecular weight excluding hydrogens is 326 g/mol. The summed E-state index contributed by atoms with van der Waals surface area (Å²) < 4.78 is 7.34. The predicted molar refractivity (Wildman–Crippen MR) is 90.4 cm³/mol. The number of ether oxygens (including phenoxy) is 1. The van der Waals surface area contributed by atoms with E-state index in [0.717, 1.165) is 37.7 Å². The molecule has 0 amide bonds. The van der Waals surface area contributed by atoms with E-state index in [9.17, 15) is 4.79 Å². The topological polar surface area (TPSA) is 56.5 Å². The summed E-state index contributed by atoms with van der Waals surface area (Å²) in [7, 11) is 1.85. The largest absolute Gasteiger partial charge is 0.406 e. The van der Waals surface area contributed by atoms with Gasteiger partial charge in [0.2, 0.25) is 5.90 Å². The summed E-state index contributed by atoms with van der Waals surface area (Å²) in [4.78, 5) is 16.8. The Hall–Kier alpha value is -1.62. The standard InChI is InChI=1S/C18H20ClN3O2/c1-22-9-13(8-20-22)3-14-15(23)24-16(21-14)17-4-11-2-12(5-17)7-18(19,6-11)10-17/h3,8-9,11-12H,2,4-7,10H2,1H3/b14-3+. The van der Waals surface area contributed by atoms with Gasteiger partial charge in [-0.05, 0) is 56.4 Å². The lowest BCUT2D eigenvalue weighted by atomic mass is 9.49. The molecule has 24 heavy (non-hydrogen) atoms. The van der Waals surface area contributed by atoms with Gasteiger partial charge in [0.15, 0.2) is 5.70 Å². The first-order valence-electron chi connectivity index (χ1n) is 8.64. The Kier molecular flexibility index (Phi) is 2.89. The maximum absolute atomic E-state index is 12.3. The molecule has 2 atom stereocenters. The van der Waals surface area contributed by atoms with Gasteiger partial charge >= 0.3 is 5.97 Å². The number of cyclic esters (lactones) is 1. The predicted octanol–water partition coefficient (Wildman–Crippen LogP) is 3.29. The van der Waals surface area contributed by atoms with Crippen molar-refractivity contribution in [3.05, 3.63) is 23.7 Å². The highest BCUT2D eigenvalue weighted by Gasteiger charge is 2.60. The van der Waals surface area contributed by atoms with Crippen molar-refractivity contribution in [1.29, 1.82) is 0 Å². The minimum Gasteiger partial charge on any atom is -0.406 e. The fourth-order valence-corrected chi connectivity index (χ4v) is 6.40. The fraction of sp³-hybridized carbons (Fsp3) is 0.611. The van der Waals surface area contributed by atoms with Crippen molar-refractivity contribution in [3.63, 3.8) is 0 Å². The van der Waals surface area contributed by atoms with Crippen LogP contribution in [-0.2, 0) is 16.6 Å². The Balaban J connectivity index is 1.50. The Morgan fingerprint density at radius 1 is 1.33 bits per heavy atom. The molecule has 0 N–H and O–H groups in total. The van der Waals surface area contributed by atoms with E-state index in [2.05, 4.69) is 10.1 Å². The summed E-state index contributed by atoms with van der Waals surface area (Å²) in [6, 6.07) is 0. The molecule has 2 heterocycles. The smallest absolute Gasteiger partial charge is 0.363 e. The van der Waals surface area contributed by atoms with Crippen LogP contribution in [0.3, 0.4) is 0 Å². The molecule has 5 nitrogen and oxygen atoms in total. The van der Waals surface area contributed by atoms with Gasteiger partial charge in [-0.3, -0.25) is 4.68 Å². The number of aromatic nitrogens is 2. The number of rotatable bonds is 2. The lowest BCUT2D eigenvalue weighted by Gasteiger charge is -2.59. The third-order valence-electron chi connectivity index (χ3n) is 6.09. The van der Waals surface area contributed by atoms with E-state index in [1.165, 1.54) is 6.42 Å². The summed E-state index contributed by atoms with van der Waals surface area (Å²) in [5, 5.41) is 4.12. The van der Waals surface area contributed by atoms with Gasteiger partial charge < -0.3 is 4.74 Å². The molecule has 6 rings (SSSR count). The quantitative estimate of drug-likeness (QED) is 0.469. The molecule has 0 spiro atoms. The molecular formula is C18H20ClN3O2. The number of carbonyl (C=O) groups is 1. The van der Waals surface area contributed by atoms with Gasteiger partial charge in [-0.25, -0.2) is 9.79 Å². The molecule has 4 aliphatic carbocycles. The molecule has 4 saturated carbocycles. The lowest BCUT2D eigenvalue weighted by molar-refractivity contribution is -0.131. The number of hydrogen-bond acceptors (Lipinski definition) is 4. The van der Waals surface area contributed by atoms with Crippen LogP contribution < -0.4 is 0 Å². The number of hydrogen-bond donors (Lipinski definition) is 0. The molecule has 126 valence electrons. The fourth-order valence-electron chi connectivity index (χ4n) is 5.71. The number of esters is 1. The molecule has 6 heteroatoms. The molecule has 2 unspecified atom stereocenters. The maximum atomic E-state index is 12.3. The van der Waals surface area contributed by atoms with E-state index >= 15 is 0 Å². The average Bonchev–Trinajstić information content (AvgIpc) is 3.04. The third kappa shape index (κ3) is 2.17. The monoisotopic (exact) mass is 345 g/mol. The van der Waals surface area contributed by atoms with Gasteiger partial charge in [-0.1, -0.05) is 0 Å². The van der Waals surface area contributed by atoms with Gasteiger partial charge in [0, 0.05) is 29.1 Å². The highest BCUT2D eigenvalue weighted by Crippen LogP contribution is 2.64. The van der Waals surface area contributed by atoms with Crippen LogP contribution in [0, 0.1) is 17.3 Å². The van der Waals surface area contributed by atoms with E-state index in [1.807, 2.05) is 13.2 Å². The summed E-state index contributed by atoms with van der Waals surface area (Å²) >= 11 is 6.88. The SMILES string of the molecule is Cn1cc(/C=C2/N=C(C34CC5CC(CC(Cl)(C5)C3)C4)OC2=O)cn1. The van der Waals surface area contributed by atoms with Gasteiger partial charge in [-0.2, -0.15) is 5.10 Å². The van der Waals surface area contributed by atoms with Gasteiger partial charge in [-0.15, -0.1) is 11.6 Å². The minimum absolute atomic E-state index is 0.116. The van der Waals surface area contributed by atoms with Gasteiger partial charge in [0.1, 0.15) is 0 Å². The zero-order valence-corrected chi connectivity index (χ0v) is 14.4. The summed E-state index contributed by atoms with van der Waals surface area (Å²) in [5.74, 6) is 1.56. The first-order chi connectivity index (χ1) is 11.4. The van der Waals surface area contributed by atoms with Crippen LogP contribution in [0.2, 0.25) is 0 Å².